The quantitative estimate of drug-likeness (QED) is 0.652. The maximum Gasteiger partial charge on any atom is 0.119 e. The van der Waals surface area contributed by atoms with Gasteiger partial charge < -0.3 is 20.3 Å². The fourth-order valence-corrected chi connectivity index (χ4v) is 1.58. The molecule has 2 rings (SSSR count). The van der Waals surface area contributed by atoms with E-state index in [9.17, 15) is 5.11 Å². The second-order valence-corrected chi connectivity index (χ2v) is 4.45. The standard InChI is InChI=1S/C13H19NO3/c15-8-10-2-1-3-13(6-10)17-9-12(16)7-14-11-4-5-11/h1-3,6,11-12,14-16H,4-5,7-9H2. The van der Waals surface area contributed by atoms with Gasteiger partial charge in [-0.1, -0.05) is 12.1 Å². The van der Waals surface area contributed by atoms with E-state index in [1.54, 1.807) is 6.07 Å². The van der Waals surface area contributed by atoms with Crippen LogP contribution in [-0.2, 0) is 6.61 Å². The molecule has 1 aromatic rings. The van der Waals surface area contributed by atoms with E-state index in [1.807, 2.05) is 18.2 Å². The molecule has 0 spiro atoms. The Labute approximate surface area is 101 Å². The van der Waals surface area contributed by atoms with Crippen molar-refractivity contribution in [3.8, 4) is 5.75 Å². The lowest BCUT2D eigenvalue weighted by Gasteiger charge is -2.13. The molecule has 0 bridgehead atoms. The summed E-state index contributed by atoms with van der Waals surface area (Å²) in [6.45, 7) is 0.849. The topological polar surface area (TPSA) is 61.7 Å². The van der Waals surface area contributed by atoms with Crippen LogP contribution in [0, 0.1) is 0 Å². The van der Waals surface area contributed by atoms with E-state index in [2.05, 4.69) is 5.32 Å². The van der Waals surface area contributed by atoms with Gasteiger partial charge in [-0.05, 0) is 30.5 Å². The molecule has 94 valence electrons. The average molecular weight is 237 g/mol. The highest BCUT2D eigenvalue weighted by Crippen LogP contribution is 2.18. The van der Waals surface area contributed by atoms with Crippen LogP contribution in [0.3, 0.4) is 0 Å². The fraction of sp³-hybridized carbons (Fsp3) is 0.538. The van der Waals surface area contributed by atoms with Crippen molar-refractivity contribution in [2.24, 2.45) is 0 Å². The van der Waals surface area contributed by atoms with Crippen LogP contribution in [0.1, 0.15) is 18.4 Å². The number of rotatable bonds is 7. The van der Waals surface area contributed by atoms with Crippen LogP contribution in [0.25, 0.3) is 0 Å². The first-order valence-electron chi connectivity index (χ1n) is 6.02. The molecule has 4 nitrogen and oxygen atoms in total. The highest BCUT2D eigenvalue weighted by molar-refractivity contribution is 5.27. The molecule has 17 heavy (non-hydrogen) atoms. The second kappa shape index (κ2) is 6.00. The van der Waals surface area contributed by atoms with Gasteiger partial charge in [0.15, 0.2) is 0 Å². The van der Waals surface area contributed by atoms with Gasteiger partial charge in [-0.15, -0.1) is 0 Å². The Kier molecular flexibility index (Phi) is 4.36. The molecule has 0 amide bonds. The van der Waals surface area contributed by atoms with E-state index >= 15 is 0 Å². The lowest BCUT2D eigenvalue weighted by atomic mass is 10.2. The molecule has 0 saturated heterocycles. The van der Waals surface area contributed by atoms with Crippen LogP contribution < -0.4 is 10.1 Å². The van der Waals surface area contributed by atoms with E-state index in [4.69, 9.17) is 9.84 Å². The number of aliphatic hydroxyl groups excluding tert-OH is 2. The molecule has 4 heteroatoms. The first kappa shape index (κ1) is 12.4. The highest BCUT2D eigenvalue weighted by atomic mass is 16.5. The molecular weight excluding hydrogens is 218 g/mol. The largest absolute Gasteiger partial charge is 0.491 e. The molecule has 1 fully saturated rings. The van der Waals surface area contributed by atoms with Crippen molar-refractivity contribution in [1.82, 2.24) is 5.32 Å². The van der Waals surface area contributed by atoms with Gasteiger partial charge in [-0.2, -0.15) is 0 Å². The van der Waals surface area contributed by atoms with Crippen molar-refractivity contribution < 1.29 is 14.9 Å². The van der Waals surface area contributed by atoms with E-state index < -0.39 is 6.10 Å². The zero-order valence-electron chi connectivity index (χ0n) is 9.80. The molecule has 0 heterocycles. The number of aliphatic hydroxyl groups is 2. The first-order valence-corrected chi connectivity index (χ1v) is 6.02. The number of hydrogen-bond acceptors (Lipinski definition) is 4. The molecule has 1 atom stereocenters. The Morgan fingerprint density at radius 2 is 2.24 bits per heavy atom. The predicted octanol–water partition coefficient (Wildman–Crippen LogP) is 0.671. The zero-order valence-corrected chi connectivity index (χ0v) is 9.80. The van der Waals surface area contributed by atoms with Crippen LogP contribution in [-0.4, -0.2) is 35.5 Å². The van der Waals surface area contributed by atoms with Crippen LogP contribution in [0.5, 0.6) is 5.75 Å². The molecule has 0 aromatic heterocycles. The third-order valence-corrected chi connectivity index (χ3v) is 2.74. The Bertz CT molecular complexity index is 352. The summed E-state index contributed by atoms with van der Waals surface area (Å²) in [5.41, 5.74) is 0.813. The second-order valence-electron chi connectivity index (χ2n) is 4.45. The molecule has 1 aliphatic carbocycles. The monoisotopic (exact) mass is 237 g/mol. The molecule has 0 radical (unpaired) electrons. The summed E-state index contributed by atoms with van der Waals surface area (Å²) in [5.74, 6) is 0.682. The van der Waals surface area contributed by atoms with Crippen LogP contribution in [0.4, 0.5) is 0 Å². The van der Waals surface area contributed by atoms with Crippen molar-refractivity contribution >= 4 is 0 Å². The third kappa shape index (κ3) is 4.34. The van der Waals surface area contributed by atoms with E-state index in [0.717, 1.165) is 5.56 Å². The van der Waals surface area contributed by atoms with Crippen molar-refractivity contribution in [2.75, 3.05) is 13.2 Å². The molecule has 3 N–H and O–H groups in total. The summed E-state index contributed by atoms with van der Waals surface area (Å²) in [6.07, 6.45) is 1.94. The molecular formula is C13H19NO3. The van der Waals surface area contributed by atoms with Gasteiger partial charge in [0.25, 0.3) is 0 Å². The number of benzene rings is 1. The molecule has 1 saturated carbocycles. The Morgan fingerprint density at radius 1 is 1.41 bits per heavy atom. The molecule has 1 aliphatic rings. The zero-order chi connectivity index (χ0) is 12.1. The van der Waals surface area contributed by atoms with E-state index in [-0.39, 0.29) is 13.2 Å². The van der Waals surface area contributed by atoms with Gasteiger partial charge in [0, 0.05) is 12.6 Å². The molecule has 1 aromatic carbocycles. The first-order chi connectivity index (χ1) is 8.28. The summed E-state index contributed by atoms with van der Waals surface area (Å²) >= 11 is 0. The predicted molar refractivity (Wildman–Crippen MR) is 64.9 cm³/mol. The van der Waals surface area contributed by atoms with Gasteiger partial charge in [0.2, 0.25) is 0 Å². The van der Waals surface area contributed by atoms with Gasteiger partial charge in [0.05, 0.1) is 6.61 Å². The van der Waals surface area contributed by atoms with Gasteiger partial charge in [-0.25, -0.2) is 0 Å². The SMILES string of the molecule is OCc1cccc(OCC(O)CNC2CC2)c1. The van der Waals surface area contributed by atoms with Crippen LogP contribution in [0.15, 0.2) is 24.3 Å². The summed E-state index contributed by atoms with van der Waals surface area (Å²) in [6, 6.07) is 7.86. The number of ether oxygens (including phenoxy) is 1. The Hall–Kier alpha value is -1.10. The molecule has 0 aliphatic heterocycles. The smallest absolute Gasteiger partial charge is 0.119 e. The Morgan fingerprint density at radius 3 is 2.94 bits per heavy atom. The van der Waals surface area contributed by atoms with Crippen molar-refractivity contribution in [1.29, 1.82) is 0 Å². The Balaban J connectivity index is 1.71. The summed E-state index contributed by atoms with van der Waals surface area (Å²) in [7, 11) is 0. The fourth-order valence-electron chi connectivity index (χ4n) is 1.58. The van der Waals surface area contributed by atoms with Crippen molar-refractivity contribution in [2.45, 2.75) is 31.6 Å². The van der Waals surface area contributed by atoms with Crippen molar-refractivity contribution in [3.05, 3.63) is 29.8 Å². The number of hydrogen-bond donors (Lipinski definition) is 3. The third-order valence-electron chi connectivity index (χ3n) is 2.74. The minimum Gasteiger partial charge on any atom is -0.491 e. The van der Waals surface area contributed by atoms with Crippen LogP contribution in [0.2, 0.25) is 0 Å². The van der Waals surface area contributed by atoms with E-state index in [0.29, 0.717) is 18.3 Å². The number of nitrogens with one attached hydrogen (secondary N) is 1. The summed E-state index contributed by atoms with van der Waals surface area (Å²) in [4.78, 5) is 0. The maximum absolute atomic E-state index is 9.68. The normalized spacial score (nSPS) is 16.8. The summed E-state index contributed by atoms with van der Waals surface area (Å²) < 4.78 is 5.46. The minimum atomic E-state index is -0.492. The van der Waals surface area contributed by atoms with Gasteiger partial charge >= 0.3 is 0 Å². The van der Waals surface area contributed by atoms with Crippen molar-refractivity contribution in [3.63, 3.8) is 0 Å². The molecule has 1 unspecified atom stereocenters. The van der Waals surface area contributed by atoms with Gasteiger partial charge in [-0.3, -0.25) is 0 Å². The highest BCUT2D eigenvalue weighted by Gasteiger charge is 2.21. The minimum absolute atomic E-state index is 0.00297. The lowest BCUT2D eigenvalue weighted by molar-refractivity contribution is 0.106. The summed E-state index contributed by atoms with van der Waals surface area (Å²) in [5, 5.41) is 21.9. The lowest BCUT2D eigenvalue weighted by Crippen LogP contribution is -2.32. The van der Waals surface area contributed by atoms with E-state index in [1.165, 1.54) is 12.8 Å². The van der Waals surface area contributed by atoms with Gasteiger partial charge in [0.1, 0.15) is 18.5 Å². The van der Waals surface area contributed by atoms with Crippen LogP contribution >= 0.6 is 0 Å². The maximum atomic E-state index is 9.68. The average Bonchev–Trinajstić information content (AvgIpc) is 3.18.